The van der Waals surface area contributed by atoms with Gasteiger partial charge >= 0.3 is 0 Å². The van der Waals surface area contributed by atoms with Crippen LogP contribution in [0.15, 0.2) is 18.3 Å². The van der Waals surface area contributed by atoms with Crippen LogP contribution in [0.4, 0.5) is 0 Å². The van der Waals surface area contributed by atoms with Gasteiger partial charge in [-0.1, -0.05) is 27.2 Å². The number of hydrogen-bond acceptors (Lipinski definition) is 3. The molecule has 1 aliphatic rings. The number of pyridine rings is 1. The molecule has 1 saturated heterocycles. The van der Waals surface area contributed by atoms with E-state index in [2.05, 4.69) is 48.2 Å². The largest absolute Gasteiger partial charge is 0.311 e. The number of nitrogens with zero attached hydrogens (tertiary/aromatic N) is 3. The van der Waals surface area contributed by atoms with E-state index in [4.69, 9.17) is 4.98 Å². The fraction of sp³-hybridized carbons (Fsp3) is 0.625. The Morgan fingerprint density at radius 3 is 2.90 bits per heavy atom. The van der Waals surface area contributed by atoms with Gasteiger partial charge in [0.05, 0.1) is 0 Å². The predicted octanol–water partition coefficient (Wildman–Crippen LogP) is 4.01. The average Bonchev–Trinajstić information content (AvgIpc) is 2.79. The summed E-state index contributed by atoms with van der Waals surface area (Å²) in [7, 11) is 0. The lowest BCUT2D eigenvalue weighted by Gasteiger charge is -2.25. The molecule has 2 aromatic heterocycles. The molecule has 1 unspecified atom stereocenters. The van der Waals surface area contributed by atoms with Crippen molar-refractivity contribution in [1.29, 1.82) is 0 Å². The van der Waals surface area contributed by atoms with Gasteiger partial charge in [-0.2, -0.15) is 11.8 Å². The second kappa shape index (κ2) is 5.40. The third kappa shape index (κ3) is 2.71. The van der Waals surface area contributed by atoms with Crippen LogP contribution in [0.2, 0.25) is 0 Å². The predicted molar refractivity (Wildman–Crippen MR) is 86.3 cm³/mol. The average molecular weight is 289 g/mol. The monoisotopic (exact) mass is 289 g/mol. The summed E-state index contributed by atoms with van der Waals surface area (Å²) in [6, 6.07) is 4.05. The molecule has 0 aliphatic carbocycles. The molecule has 4 heteroatoms. The molecule has 20 heavy (non-hydrogen) atoms. The Kier molecular flexibility index (Phi) is 3.76. The van der Waals surface area contributed by atoms with E-state index in [0.717, 1.165) is 23.5 Å². The van der Waals surface area contributed by atoms with E-state index in [-0.39, 0.29) is 5.41 Å². The Bertz CT molecular complexity index is 591. The van der Waals surface area contributed by atoms with Gasteiger partial charge in [0.15, 0.2) is 5.65 Å². The minimum atomic E-state index is 0.0556. The highest BCUT2D eigenvalue weighted by Gasteiger charge is 2.25. The highest BCUT2D eigenvalue weighted by molar-refractivity contribution is 7.99. The van der Waals surface area contributed by atoms with Crippen LogP contribution in [0.25, 0.3) is 11.2 Å². The maximum absolute atomic E-state index is 4.84. The molecule has 3 rings (SSSR count). The highest BCUT2D eigenvalue weighted by Crippen LogP contribution is 2.30. The van der Waals surface area contributed by atoms with Crippen molar-refractivity contribution in [3.8, 4) is 0 Å². The Labute approximate surface area is 125 Å². The van der Waals surface area contributed by atoms with Gasteiger partial charge in [-0.3, -0.25) is 0 Å². The number of rotatable bonds is 2. The molecule has 0 radical (unpaired) electrons. The first-order chi connectivity index (χ1) is 9.55. The van der Waals surface area contributed by atoms with Gasteiger partial charge in [0.1, 0.15) is 11.3 Å². The van der Waals surface area contributed by atoms with Crippen LogP contribution >= 0.6 is 11.8 Å². The molecule has 0 amide bonds. The molecular formula is C16H23N3S. The van der Waals surface area contributed by atoms with Gasteiger partial charge < -0.3 is 4.57 Å². The van der Waals surface area contributed by atoms with Crippen molar-refractivity contribution in [2.24, 2.45) is 0 Å². The molecule has 0 aromatic carbocycles. The van der Waals surface area contributed by atoms with Gasteiger partial charge in [-0.25, -0.2) is 9.97 Å². The smallest absolute Gasteiger partial charge is 0.160 e. The zero-order valence-electron chi connectivity index (χ0n) is 12.6. The van der Waals surface area contributed by atoms with Crippen LogP contribution in [0.1, 0.15) is 45.9 Å². The van der Waals surface area contributed by atoms with E-state index < -0.39 is 0 Å². The number of aromatic nitrogens is 3. The topological polar surface area (TPSA) is 30.7 Å². The maximum atomic E-state index is 4.84. The molecule has 0 spiro atoms. The summed E-state index contributed by atoms with van der Waals surface area (Å²) in [6.07, 6.45) is 5.93. The zero-order valence-corrected chi connectivity index (χ0v) is 13.4. The van der Waals surface area contributed by atoms with Gasteiger partial charge in [0.2, 0.25) is 0 Å². The molecule has 0 saturated carbocycles. The van der Waals surface area contributed by atoms with Crippen molar-refractivity contribution in [2.75, 3.05) is 5.75 Å². The summed E-state index contributed by atoms with van der Waals surface area (Å²) in [6.45, 7) is 7.75. The van der Waals surface area contributed by atoms with E-state index in [1.54, 1.807) is 0 Å². The van der Waals surface area contributed by atoms with E-state index >= 15 is 0 Å². The molecular weight excluding hydrogens is 266 g/mol. The third-order valence-electron chi connectivity index (χ3n) is 3.83. The van der Waals surface area contributed by atoms with E-state index in [0.29, 0.717) is 5.25 Å². The van der Waals surface area contributed by atoms with Crippen LogP contribution in [0.5, 0.6) is 0 Å². The first-order valence-corrected chi connectivity index (χ1v) is 8.54. The Hall–Kier alpha value is -1.03. The van der Waals surface area contributed by atoms with Crippen molar-refractivity contribution in [3.63, 3.8) is 0 Å². The van der Waals surface area contributed by atoms with Crippen molar-refractivity contribution in [1.82, 2.24) is 14.5 Å². The van der Waals surface area contributed by atoms with Crippen molar-refractivity contribution in [2.45, 2.75) is 57.2 Å². The molecule has 0 bridgehead atoms. The molecule has 2 aromatic rings. The van der Waals surface area contributed by atoms with Crippen LogP contribution in [-0.4, -0.2) is 25.5 Å². The van der Waals surface area contributed by atoms with E-state index in [1.807, 2.05) is 12.3 Å². The summed E-state index contributed by atoms with van der Waals surface area (Å²) in [5.74, 6) is 2.47. The first kappa shape index (κ1) is 13.9. The molecule has 1 fully saturated rings. The fourth-order valence-electron chi connectivity index (χ4n) is 2.86. The Morgan fingerprint density at radius 1 is 1.35 bits per heavy atom. The summed E-state index contributed by atoms with van der Waals surface area (Å²) in [5.41, 5.74) is 2.13. The molecule has 1 aliphatic heterocycles. The van der Waals surface area contributed by atoms with Crippen LogP contribution < -0.4 is 0 Å². The van der Waals surface area contributed by atoms with E-state index in [1.165, 1.54) is 25.0 Å². The lowest BCUT2D eigenvalue weighted by molar-refractivity contribution is 0.488. The molecule has 1 atom stereocenters. The van der Waals surface area contributed by atoms with E-state index in [9.17, 15) is 0 Å². The lowest BCUT2D eigenvalue weighted by atomic mass is 9.95. The molecule has 108 valence electrons. The number of imidazole rings is 1. The zero-order chi connectivity index (χ0) is 14.2. The number of thioether (sulfide) groups is 1. The van der Waals surface area contributed by atoms with Gasteiger partial charge in [0.25, 0.3) is 0 Å². The van der Waals surface area contributed by atoms with Crippen molar-refractivity contribution >= 4 is 22.9 Å². The minimum Gasteiger partial charge on any atom is -0.311 e. The third-order valence-corrected chi connectivity index (χ3v) is 5.22. The minimum absolute atomic E-state index is 0.0556. The standard InChI is InChI=1S/C16H23N3S/c1-16(2,3)15-18-13-8-6-9-17-14(13)19(15)11-12-7-4-5-10-20-12/h6,8-9,12H,4-5,7,10-11H2,1-3H3. The van der Waals surface area contributed by atoms with Crippen molar-refractivity contribution in [3.05, 3.63) is 24.2 Å². The molecule has 0 N–H and O–H groups in total. The van der Waals surface area contributed by atoms with Gasteiger partial charge in [-0.05, 0) is 30.7 Å². The van der Waals surface area contributed by atoms with Crippen LogP contribution in [-0.2, 0) is 12.0 Å². The Balaban J connectivity index is 2.01. The molecule has 3 heterocycles. The second-order valence-electron chi connectivity index (χ2n) is 6.63. The fourth-order valence-corrected chi connectivity index (χ4v) is 4.15. The highest BCUT2D eigenvalue weighted by atomic mass is 32.2. The first-order valence-electron chi connectivity index (χ1n) is 7.49. The molecule has 3 nitrogen and oxygen atoms in total. The van der Waals surface area contributed by atoms with Crippen molar-refractivity contribution < 1.29 is 0 Å². The number of hydrogen-bond donors (Lipinski definition) is 0. The van der Waals surface area contributed by atoms with Crippen LogP contribution in [0, 0.1) is 0 Å². The quantitative estimate of drug-likeness (QED) is 0.836. The maximum Gasteiger partial charge on any atom is 0.160 e. The summed E-state index contributed by atoms with van der Waals surface area (Å²) in [5, 5.41) is 0.712. The number of fused-ring (bicyclic) bond motifs is 1. The van der Waals surface area contributed by atoms with Crippen LogP contribution in [0.3, 0.4) is 0 Å². The lowest BCUT2D eigenvalue weighted by Crippen LogP contribution is -2.24. The summed E-state index contributed by atoms with van der Waals surface area (Å²) in [4.78, 5) is 9.41. The summed E-state index contributed by atoms with van der Waals surface area (Å²) < 4.78 is 2.36. The van der Waals surface area contributed by atoms with Gasteiger partial charge in [-0.15, -0.1) is 0 Å². The Morgan fingerprint density at radius 2 is 2.20 bits per heavy atom. The van der Waals surface area contributed by atoms with Gasteiger partial charge in [0, 0.05) is 23.4 Å². The SMILES string of the molecule is CC(C)(C)c1nc2cccnc2n1CC1CCCCS1. The summed E-state index contributed by atoms with van der Waals surface area (Å²) >= 11 is 2.11. The normalized spacial score (nSPS) is 20.4. The second-order valence-corrected chi connectivity index (χ2v) is 8.04.